The molecule has 2 aromatic heterocycles. The lowest BCUT2D eigenvalue weighted by molar-refractivity contribution is 0.402. The van der Waals surface area contributed by atoms with Gasteiger partial charge in [0, 0.05) is 23.8 Å². The molecule has 8 heteroatoms. The van der Waals surface area contributed by atoms with E-state index in [1.54, 1.807) is 18.5 Å². The van der Waals surface area contributed by atoms with Gasteiger partial charge in [-0.25, -0.2) is 9.37 Å². The second-order valence-electron chi connectivity index (χ2n) is 7.65. The molecule has 1 saturated carbocycles. The number of fused-ring (bicyclic) bond motifs is 1. The molecule has 0 amide bonds. The maximum absolute atomic E-state index is 13.6. The molecule has 7 nitrogen and oxygen atoms in total. The molecule has 0 radical (unpaired) electrons. The van der Waals surface area contributed by atoms with Crippen LogP contribution in [0.1, 0.15) is 45.6 Å². The Morgan fingerprint density at radius 2 is 2.04 bits per heavy atom. The van der Waals surface area contributed by atoms with E-state index >= 15 is 0 Å². The number of hydrogen-bond donors (Lipinski definition) is 3. The molecule has 2 heterocycles. The number of imidazole rings is 1. The fraction of sp³-hybridized carbons (Fsp3) is 0.450. The number of anilines is 3. The van der Waals surface area contributed by atoms with E-state index in [0.29, 0.717) is 23.0 Å². The van der Waals surface area contributed by atoms with E-state index in [9.17, 15) is 4.39 Å². The van der Waals surface area contributed by atoms with Crippen LogP contribution in [0.25, 0.3) is 11.2 Å². The zero-order valence-electron chi connectivity index (χ0n) is 16.2. The Morgan fingerprint density at radius 1 is 1.21 bits per heavy atom. The summed E-state index contributed by atoms with van der Waals surface area (Å²) in [7, 11) is 0. The smallest absolute Gasteiger partial charge is 0.227 e. The van der Waals surface area contributed by atoms with Gasteiger partial charge in [-0.2, -0.15) is 9.97 Å². The molecular weight excluding hydrogens is 357 g/mol. The first-order valence-electron chi connectivity index (χ1n) is 9.80. The van der Waals surface area contributed by atoms with Gasteiger partial charge in [0.1, 0.15) is 5.82 Å². The van der Waals surface area contributed by atoms with Crippen LogP contribution in [0.2, 0.25) is 0 Å². The van der Waals surface area contributed by atoms with E-state index in [1.165, 1.54) is 12.1 Å². The van der Waals surface area contributed by atoms with Crippen LogP contribution < -0.4 is 16.4 Å². The minimum Gasteiger partial charge on any atom is -0.350 e. The molecule has 1 fully saturated rings. The van der Waals surface area contributed by atoms with E-state index in [-0.39, 0.29) is 23.9 Å². The van der Waals surface area contributed by atoms with E-state index in [4.69, 9.17) is 10.7 Å². The van der Waals surface area contributed by atoms with Gasteiger partial charge in [0.05, 0.1) is 6.33 Å². The summed E-state index contributed by atoms with van der Waals surface area (Å²) in [5, 5.41) is 6.60. The van der Waals surface area contributed by atoms with E-state index < -0.39 is 0 Å². The summed E-state index contributed by atoms with van der Waals surface area (Å²) in [6, 6.07) is 6.71. The van der Waals surface area contributed by atoms with Crippen LogP contribution in [0.15, 0.2) is 30.6 Å². The minimum absolute atomic E-state index is 0.0858. The summed E-state index contributed by atoms with van der Waals surface area (Å²) < 4.78 is 15.6. The molecule has 0 spiro atoms. The normalized spacial score (nSPS) is 19.9. The van der Waals surface area contributed by atoms with Crippen molar-refractivity contribution in [1.82, 2.24) is 19.5 Å². The summed E-state index contributed by atoms with van der Waals surface area (Å²) in [6.45, 7) is 4.15. The fourth-order valence-corrected chi connectivity index (χ4v) is 3.65. The zero-order valence-corrected chi connectivity index (χ0v) is 16.2. The Bertz CT molecular complexity index is 968. The number of nitrogens with zero attached hydrogens (tertiary/aromatic N) is 4. The Balaban J connectivity index is 1.74. The largest absolute Gasteiger partial charge is 0.350 e. The summed E-state index contributed by atoms with van der Waals surface area (Å²) in [6.07, 6.45) is 6.06. The van der Waals surface area contributed by atoms with Crippen LogP contribution in [0.5, 0.6) is 0 Å². The summed E-state index contributed by atoms with van der Waals surface area (Å²) in [4.78, 5) is 13.8. The molecule has 1 aliphatic carbocycles. The first kappa shape index (κ1) is 18.6. The molecule has 4 rings (SSSR count). The number of benzene rings is 1. The average molecular weight is 383 g/mol. The summed E-state index contributed by atoms with van der Waals surface area (Å²) in [5.74, 6) is 0.743. The Morgan fingerprint density at radius 3 is 2.79 bits per heavy atom. The molecule has 0 bridgehead atoms. The minimum atomic E-state index is -0.311. The molecule has 4 N–H and O–H groups in total. The molecule has 3 aromatic rings. The predicted molar refractivity (Wildman–Crippen MR) is 109 cm³/mol. The van der Waals surface area contributed by atoms with Crippen LogP contribution in [0.4, 0.5) is 21.8 Å². The Hall–Kier alpha value is -2.74. The number of halogens is 1. The molecule has 0 unspecified atom stereocenters. The van der Waals surface area contributed by atoms with Gasteiger partial charge >= 0.3 is 0 Å². The maximum atomic E-state index is 13.6. The lowest BCUT2D eigenvalue weighted by Gasteiger charge is -2.29. The lowest BCUT2D eigenvalue weighted by Crippen LogP contribution is -2.43. The van der Waals surface area contributed by atoms with E-state index in [1.807, 2.05) is 4.57 Å². The van der Waals surface area contributed by atoms with Crippen molar-refractivity contribution in [3.63, 3.8) is 0 Å². The van der Waals surface area contributed by atoms with Gasteiger partial charge in [0.15, 0.2) is 17.0 Å². The highest BCUT2D eigenvalue weighted by atomic mass is 19.1. The summed E-state index contributed by atoms with van der Waals surface area (Å²) in [5.41, 5.74) is 8.28. The first-order valence-corrected chi connectivity index (χ1v) is 9.80. The van der Waals surface area contributed by atoms with Gasteiger partial charge < -0.3 is 20.9 Å². The van der Waals surface area contributed by atoms with Crippen molar-refractivity contribution in [3.8, 4) is 0 Å². The maximum Gasteiger partial charge on any atom is 0.227 e. The molecule has 1 aromatic carbocycles. The van der Waals surface area contributed by atoms with Gasteiger partial charge in [-0.15, -0.1) is 0 Å². The van der Waals surface area contributed by atoms with Gasteiger partial charge in [0.25, 0.3) is 0 Å². The number of rotatable bonds is 5. The van der Waals surface area contributed by atoms with Gasteiger partial charge in [-0.05, 0) is 44.9 Å². The number of nitrogens with two attached hydrogens (primary N) is 1. The number of aromatic nitrogens is 4. The third kappa shape index (κ3) is 3.77. The van der Waals surface area contributed by atoms with Crippen LogP contribution >= 0.6 is 0 Å². The molecule has 0 aliphatic heterocycles. The van der Waals surface area contributed by atoms with Crippen molar-refractivity contribution < 1.29 is 4.39 Å². The Kier molecular flexibility index (Phi) is 5.13. The first-order chi connectivity index (χ1) is 13.5. The van der Waals surface area contributed by atoms with Crippen molar-refractivity contribution >= 4 is 28.6 Å². The highest BCUT2D eigenvalue weighted by Crippen LogP contribution is 2.27. The lowest BCUT2D eigenvalue weighted by atomic mass is 9.91. The van der Waals surface area contributed by atoms with Crippen LogP contribution in [-0.4, -0.2) is 31.6 Å². The molecule has 0 saturated heterocycles. The Labute approximate surface area is 163 Å². The molecule has 2 atom stereocenters. The molecule has 1 aliphatic rings. The third-order valence-electron chi connectivity index (χ3n) is 5.20. The molecule has 148 valence electrons. The van der Waals surface area contributed by atoms with Crippen LogP contribution in [-0.2, 0) is 0 Å². The van der Waals surface area contributed by atoms with Gasteiger partial charge in [-0.3, -0.25) is 0 Å². The number of hydrogen-bond acceptors (Lipinski definition) is 6. The van der Waals surface area contributed by atoms with E-state index in [2.05, 4.69) is 34.4 Å². The highest BCUT2D eigenvalue weighted by molar-refractivity contribution is 5.86. The number of nitrogens with one attached hydrogen (secondary N) is 2. The quantitative estimate of drug-likeness (QED) is 0.617. The van der Waals surface area contributed by atoms with Crippen molar-refractivity contribution in [1.29, 1.82) is 0 Å². The van der Waals surface area contributed by atoms with Crippen molar-refractivity contribution in [3.05, 3.63) is 36.4 Å². The van der Waals surface area contributed by atoms with Gasteiger partial charge in [0.2, 0.25) is 5.95 Å². The monoisotopic (exact) mass is 383 g/mol. The third-order valence-corrected chi connectivity index (χ3v) is 5.20. The van der Waals surface area contributed by atoms with Crippen molar-refractivity contribution in [2.75, 3.05) is 10.6 Å². The van der Waals surface area contributed by atoms with Crippen molar-refractivity contribution in [2.24, 2.45) is 5.73 Å². The summed E-state index contributed by atoms with van der Waals surface area (Å²) >= 11 is 0. The predicted octanol–water partition coefficient (Wildman–Crippen LogP) is 3.97. The van der Waals surface area contributed by atoms with Crippen LogP contribution in [0.3, 0.4) is 0 Å². The second-order valence-corrected chi connectivity index (χ2v) is 7.65. The SMILES string of the molecule is CC(C)n1cnc2c(Nc3cccc(F)c3)nc(N[C@H]3CCCC[C@@H]3N)nc21. The highest BCUT2D eigenvalue weighted by Gasteiger charge is 2.23. The average Bonchev–Trinajstić information content (AvgIpc) is 3.08. The fourth-order valence-electron chi connectivity index (χ4n) is 3.65. The zero-order chi connectivity index (χ0) is 19.7. The molecular formula is C20H26FN7. The van der Waals surface area contributed by atoms with E-state index in [0.717, 1.165) is 31.3 Å². The second kappa shape index (κ2) is 7.71. The molecule has 28 heavy (non-hydrogen) atoms. The van der Waals surface area contributed by atoms with Crippen LogP contribution in [0, 0.1) is 5.82 Å². The topological polar surface area (TPSA) is 93.7 Å². The van der Waals surface area contributed by atoms with Gasteiger partial charge in [-0.1, -0.05) is 18.9 Å². The standard InChI is InChI=1S/C20H26FN7/c1-12(2)28-11-23-17-18(24-14-7-5-6-13(21)10-14)26-20(27-19(17)28)25-16-9-4-3-8-15(16)22/h5-7,10-12,15-16H,3-4,8-9,22H2,1-2H3,(H2,24,25,26,27)/t15-,16-/m0/s1. The van der Waals surface area contributed by atoms with Crippen molar-refractivity contribution in [2.45, 2.75) is 57.7 Å².